The van der Waals surface area contributed by atoms with E-state index in [2.05, 4.69) is 10.6 Å². The Morgan fingerprint density at radius 3 is 2.17 bits per heavy atom. The molecule has 0 atom stereocenters. The number of carbonyl (C=O) groups excluding carboxylic acids is 2. The topological polar surface area (TPSA) is 67.4 Å². The summed E-state index contributed by atoms with van der Waals surface area (Å²) in [7, 11) is 0. The number of urea groups is 1. The highest BCUT2D eigenvalue weighted by atomic mass is 35.6. The maximum atomic E-state index is 12.0. The fourth-order valence-electron chi connectivity index (χ4n) is 1.72. The van der Waals surface area contributed by atoms with Crippen LogP contribution >= 0.6 is 46.4 Å². The molecule has 126 valence electrons. The fourth-order valence-corrected chi connectivity index (χ4v) is 2.21. The summed E-state index contributed by atoms with van der Waals surface area (Å²) in [6.07, 6.45) is 0. The van der Waals surface area contributed by atoms with E-state index in [-0.39, 0.29) is 10.6 Å². The predicted octanol–water partition coefficient (Wildman–Crippen LogP) is 5.01. The molecule has 0 aliphatic rings. The van der Waals surface area contributed by atoms with Crippen LogP contribution in [0.3, 0.4) is 0 Å². The molecule has 0 radical (unpaired) electrons. The molecule has 0 aliphatic heterocycles. The number of hydrogen-bond acceptors (Lipinski definition) is 3. The van der Waals surface area contributed by atoms with Crippen molar-refractivity contribution in [2.75, 3.05) is 5.32 Å². The summed E-state index contributed by atoms with van der Waals surface area (Å²) in [5.74, 6) is -0.317. The first-order chi connectivity index (χ1) is 11.2. The van der Waals surface area contributed by atoms with Crippen molar-refractivity contribution in [2.45, 2.75) is 3.98 Å². The number of alkyl halides is 3. The molecule has 0 spiro atoms. The Labute approximate surface area is 157 Å². The molecule has 0 bridgehead atoms. The molecule has 0 unspecified atom stereocenters. The Kier molecular flexibility index (Phi) is 6.18. The third-order valence-electron chi connectivity index (χ3n) is 2.69. The van der Waals surface area contributed by atoms with Crippen LogP contribution in [0.1, 0.15) is 10.4 Å². The van der Waals surface area contributed by atoms with Gasteiger partial charge in [-0.2, -0.15) is 0 Å². The minimum absolute atomic E-state index is 0.195. The van der Waals surface area contributed by atoms with E-state index < -0.39 is 15.9 Å². The monoisotopic (exact) mass is 406 g/mol. The molecule has 2 aromatic rings. The molecular formula is C15H10Cl4N2O3. The molecule has 2 aromatic carbocycles. The van der Waals surface area contributed by atoms with Gasteiger partial charge in [-0.25, -0.2) is 4.79 Å². The molecule has 24 heavy (non-hydrogen) atoms. The van der Waals surface area contributed by atoms with Gasteiger partial charge in [-0.15, -0.1) is 0 Å². The number of halogens is 4. The quantitative estimate of drug-likeness (QED) is 0.702. The van der Waals surface area contributed by atoms with Crippen LogP contribution in [0.5, 0.6) is 5.75 Å². The van der Waals surface area contributed by atoms with Crippen LogP contribution in [0, 0.1) is 0 Å². The molecule has 0 saturated heterocycles. The third-order valence-corrected chi connectivity index (χ3v) is 3.25. The van der Waals surface area contributed by atoms with Crippen LogP contribution in [-0.2, 0) is 0 Å². The van der Waals surface area contributed by atoms with E-state index in [9.17, 15) is 9.59 Å². The SMILES string of the molecule is O=C(NC(=O)c1ccccc1Cl)Nc1ccc(OC(Cl)(Cl)Cl)cc1. The zero-order valence-electron chi connectivity index (χ0n) is 11.9. The Hall–Kier alpha value is -1.66. The van der Waals surface area contributed by atoms with Crippen molar-refractivity contribution in [3.8, 4) is 5.75 Å². The highest BCUT2D eigenvalue weighted by Crippen LogP contribution is 2.30. The fraction of sp³-hybridized carbons (Fsp3) is 0.0667. The molecule has 0 aliphatic carbocycles. The molecule has 2 rings (SSSR count). The highest BCUT2D eigenvalue weighted by molar-refractivity contribution is 6.66. The van der Waals surface area contributed by atoms with Crippen LogP contribution in [0.4, 0.5) is 10.5 Å². The van der Waals surface area contributed by atoms with E-state index >= 15 is 0 Å². The average Bonchev–Trinajstić information content (AvgIpc) is 2.48. The predicted molar refractivity (Wildman–Crippen MR) is 95.3 cm³/mol. The third kappa shape index (κ3) is 5.76. The molecule has 2 N–H and O–H groups in total. The second kappa shape index (κ2) is 7.94. The second-order valence-electron chi connectivity index (χ2n) is 4.46. The summed E-state index contributed by atoms with van der Waals surface area (Å²) < 4.78 is 3.12. The van der Waals surface area contributed by atoms with E-state index in [1.54, 1.807) is 18.2 Å². The van der Waals surface area contributed by atoms with Gasteiger partial charge >= 0.3 is 10.0 Å². The summed E-state index contributed by atoms with van der Waals surface area (Å²) in [5, 5.41) is 4.90. The van der Waals surface area contributed by atoms with Crippen molar-refractivity contribution in [3.05, 3.63) is 59.1 Å². The first-order valence-electron chi connectivity index (χ1n) is 6.47. The van der Waals surface area contributed by atoms with Crippen LogP contribution in [-0.4, -0.2) is 15.9 Å². The highest BCUT2D eigenvalue weighted by Gasteiger charge is 2.21. The standard InChI is InChI=1S/C15H10Cl4N2O3/c16-12-4-2-1-3-11(12)13(22)21-14(23)20-9-5-7-10(8-6-9)24-15(17,18)19/h1-8H,(H2,20,21,22,23). The zero-order valence-corrected chi connectivity index (χ0v) is 14.9. The van der Waals surface area contributed by atoms with Gasteiger partial charge in [0.05, 0.1) is 10.6 Å². The van der Waals surface area contributed by atoms with Crippen molar-refractivity contribution in [2.24, 2.45) is 0 Å². The van der Waals surface area contributed by atoms with Gasteiger partial charge in [0, 0.05) is 5.69 Å². The lowest BCUT2D eigenvalue weighted by atomic mass is 10.2. The summed E-state index contributed by atoms with van der Waals surface area (Å²) in [4.78, 5) is 23.8. The van der Waals surface area contributed by atoms with Gasteiger partial charge in [0.25, 0.3) is 5.91 Å². The number of amides is 3. The van der Waals surface area contributed by atoms with Crippen LogP contribution in [0.15, 0.2) is 48.5 Å². The number of ether oxygens (including phenoxy) is 1. The maximum absolute atomic E-state index is 12.0. The lowest BCUT2D eigenvalue weighted by Gasteiger charge is -2.14. The smallest absolute Gasteiger partial charge is 0.338 e. The van der Waals surface area contributed by atoms with E-state index in [4.69, 9.17) is 51.1 Å². The molecule has 0 aromatic heterocycles. The molecule has 0 heterocycles. The molecule has 0 saturated carbocycles. The molecule has 3 amide bonds. The van der Waals surface area contributed by atoms with Gasteiger partial charge in [-0.1, -0.05) is 23.7 Å². The van der Waals surface area contributed by atoms with E-state index in [0.717, 1.165) is 0 Å². The minimum atomic E-state index is -1.88. The van der Waals surface area contributed by atoms with Gasteiger partial charge in [0.2, 0.25) is 0 Å². The summed E-state index contributed by atoms with van der Waals surface area (Å²) in [6.45, 7) is 0. The average molecular weight is 408 g/mol. The Morgan fingerprint density at radius 1 is 0.958 bits per heavy atom. The van der Waals surface area contributed by atoms with Crippen molar-refractivity contribution >= 4 is 64.0 Å². The lowest BCUT2D eigenvalue weighted by Crippen LogP contribution is -2.34. The van der Waals surface area contributed by atoms with Crippen molar-refractivity contribution < 1.29 is 14.3 Å². The lowest BCUT2D eigenvalue weighted by molar-refractivity contribution is 0.0967. The van der Waals surface area contributed by atoms with Crippen molar-refractivity contribution in [1.82, 2.24) is 5.32 Å². The van der Waals surface area contributed by atoms with Gasteiger partial charge in [-0.05, 0) is 71.2 Å². The normalized spacial score (nSPS) is 10.8. The van der Waals surface area contributed by atoms with E-state index in [0.29, 0.717) is 11.4 Å². The van der Waals surface area contributed by atoms with Crippen molar-refractivity contribution in [1.29, 1.82) is 0 Å². The molecule has 9 heteroatoms. The number of benzene rings is 2. The summed E-state index contributed by atoms with van der Waals surface area (Å²) >= 11 is 22.4. The summed E-state index contributed by atoms with van der Waals surface area (Å²) in [6, 6.07) is 11.7. The van der Waals surface area contributed by atoms with E-state index in [1.165, 1.54) is 30.3 Å². The molecular weight excluding hydrogens is 398 g/mol. The number of anilines is 1. The van der Waals surface area contributed by atoms with Gasteiger partial charge in [-0.3, -0.25) is 10.1 Å². The Bertz CT molecular complexity index is 745. The van der Waals surface area contributed by atoms with Gasteiger partial charge < -0.3 is 10.1 Å². The number of rotatable bonds is 3. The number of carbonyl (C=O) groups is 2. The van der Waals surface area contributed by atoms with Crippen LogP contribution < -0.4 is 15.4 Å². The molecule has 0 fully saturated rings. The molecule has 5 nitrogen and oxygen atoms in total. The Morgan fingerprint density at radius 2 is 1.58 bits per heavy atom. The summed E-state index contributed by atoms with van der Waals surface area (Å²) in [5.41, 5.74) is 0.608. The van der Waals surface area contributed by atoms with Crippen molar-refractivity contribution in [3.63, 3.8) is 0 Å². The zero-order chi connectivity index (χ0) is 17.7. The minimum Gasteiger partial charge on any atom is -0.446 e. The van der Waals surface area contributed by atoms with Crippen LogP contribution in [0.2, 0.25) is 5.02 Å². The van der Waals surface area contributed by atoms with E-state index in [1.807, 2.05) is 0 Å². The number of hydrogen-bond donors (Lipinski definition) is 2. The Balaban J connectivity index is 1.95. The first-order valence-corrected chi connectivity index (χ1v) is 7.98. The first kappa shape index (κ1) is 18.7. The number of nitrogens with one attached hydrogen (secondary N) is 2. The second-order valence-corrected chi connectivity index (χ2v) is 7.04. The van der Waals surface area contributed by atoms with Crippen LogP contribution in [0.25, 0.3) is 0 Å². The van der Waals surface area contributed by atoms with Gasteiger partial charge in [0.15, 0.2) is 0 Å². The van der Waals surface area contributed by atoms with Gasteiger partial charge in [0.1, 0.15) is 5.75 Å². The maximum Gasteiger partial charge on any atom is 0.338 e. The largest absolute Gasteiger partial charge is 0.446 e. The number of imide groups is 1.